The van der Waals surface area contributed by atoms with Crippen LogP contribution < -0.4 is 5.32 Å². The smallest absolute Gasteiger partial charge is 0.307 e. The third-order valence-corrected chi connectivity index (χ3v) is 6.47. The summed E-state index contributed by atoms with van der Waals surface area (Å²) in [6.07, 6.45) is 0.896. The fraction of sp³-hybridized carbons (Fsp3) is 0.409. The van der Waals surface area contributed by atoms with E-state index in [0.29, 0.717) is 18.0 Å². The van der Waals surface area contributed by atoms with Crippen LogP contribution in [0.3, 0.4) is 0 Å². The maximum atomic E-state index is 12.9. The fourth-order valence-electron chi connectivity index (χ4n) is 3.80. The monoisotopic (exact) mass is 398 g/mol. The van der Waals surface area contributed by atoms with Crippen molar-refractivity contribution in [2.75, 3.05) is 5.32 Å². The first-order valence-electron chi connectivity index (χ1n) is 9.41. The lowest BCUT2D eigenvalue weighted by molar-refractivity contribution is -0.146. The number of rotatable bonds is 4. The lowest BCUT2D eigenvalue weighted by Gasteiger charge is -2.29. The molecule has 0 saturated heterocycles. The number of anilines is 1. The number of carbonyl (C=O) groups excluding carboxylic acids is 1. The minimum atomic E-state index is -0.918. The van der Waals surface area contributed by atoms with E-state index in [-0.39, 0.29) is 5.91 Å². The van der Waals surface area contributed by atoms with Crippen LogP contribution in [0.25, 0.3) is 11.3 Å². The van der Waals surface area contributed by atoms with Gasteiger partial charge in [-0.15, -0.1) is 11.3 Å². The predicted octanol–water partition coefficient (Wildman–Crippen LogP) is 5.12. The molecule has 1 heterocycles. The quantitative estimate of drug-likeness (QED) is 0.701. The SMILES string of the molecule is CC1=C(C)C[C@@H](C(=O)Nc2nc(-c3ccc(C)cc3C)c(C)s2)[C@@H](C(=O)O)C1. The van der Waals surface area contributed by atoms with Crippen LogP contribution in [0.15, 0.2) is 29.3 Å². The van der Waals surface area contributed by atoms with Gasteiger partial charge in [0.2, 0.25) is 5.91 Å². The third-order valence-electron chi connectivity index (χ3n) is 5.58. The molecular formula is C22H26N2O3S. The molecule has 0 spiro atoms. The maximum absolute atomic E-state index is 12.9. The molecule has 2 N–H and O–H groups in total. The largest absolute Gasteiger partial charge is 0.481 e. The molecule has 1 aromatic heterocycles. The van der Waals surface area contributed by atoms with Crippen molar-refractivity contribution in [1.29, 1.82) is 0 Å². The molecule has 0 aliphatic heterocycles. The van der Waals surface area contributed by atoms with Gasteiger partial charge in [-0.2, -0.15) is 0 Å². The van der Waals surface area contributed by atoms with Crippen molar-refractivity contribution in [1.82, 2.24) is 4.98 Å². The van der Waals surface area contributed by atoms with Crippen LogP contribution in [0.2, 0.25) is 0 Å². The number of nitrogens with zero attached hydrogens (tertiary/aromatic N) is 1. The lowest BCUT2D eigenvalue weighted by atomic mass is 9.76. The average Bonchev–Trinajstić information content (AvgIpc) is 2.96. The first-order chi connectivity index (χ1) is 13.2. The van der Waals surface area contributed by atoms with Gasteiger partial charge in [0, 0.05) is 10.4 Å². The molecule has 0 saturated carbocycles. The zero-order chi connectivity index (χ0) is 20.6. The number of thiazole rings is 1. The van der Waals surface area contributed by atoms with Gasteiger partial charge in [-0.05, 0) is 53.0 Å². The topological polar surface area (TPSA) is 79.3 Å². The molecule has 28 heavy (non-hydrogen) atoms. The van der Waals surface area contributed by atoms with Crippen LogP contribution >= 0.6 is 11.3 Å². The third kappa shape index (κ3) is 4.02. The van der Waals surface area contributed by atoms with E-state index in [2.05, 4.69) is 42.3 Å². The summed E-state index contributed by atoms with van der Waals surface area (Å²) in [5.41, 5.74) is 6.42. The number of aliphatic carboxylic acids is 1. The highest BCUT2D eigenvalue weighted by Gasteiger charge is 2.37. The molecule has 0 radical (unpaired) electrons. The summed E-state index contributed by atoms with van der Waals surface area (Å²) in [4.78, 5) is 30.2. The molecule has 1 aliphatic rings. The van der Waals surface area contributed by atoms with E-state index in [1.54, 1.807) is 0 Å². The molecule has 1 amide bonds. The number of allylic oxidation sites excluding steroid dienone is 2. The van der Waals surface area contributed by atoms with E-state index >= 15 is 0 Å². The van der Waals surface area contributed by atoms with Crippen molar-refractivity contribution >= 4 is 28.3 Å². The average molecular weight is 399 g/mol. The summed E-state index contributed by atoms with van der Waals surface area (Å²) in [5, 5.41) is 13.0. The van der Waals surface area contributed by atoms with Crippen molar-refractivity contribution in [3.8, 4) is 11.3 Å². The molecule has 0 unspecified atom stereocenters. The van der Waals surface area contributed by atoms with Crippen LogP contribution in [-0.4, -0.2) is 22.0 Å². The van der Waals surface area contributed by atoms with Gasteiger partial charge >= 0.3 is 5.97 Å². The standard InChI is InChI=1S/C22H26N2O3S/c1-11-6-7-16(14(4)8-11)19-15(5)28-22(23-19)24-20(25)17-9-12(2)13(3)10-18(17)21(26)27/h6-8,17-18H,9-10H2,1-5H3,(H,26,27)(H,23,24,25)/t17-,18+/m1/s1. The fourth-order valence-corrected chi connectivity index (χ4v) is 4.64. The molecule has 0 fully saturated rings. The van der Waals surface area contributed by atoms with Crippen LogP contribution in [0.5, 0.6) is 0 Å². The number of aromatic nitrogens is 1. The van der Waals surface area contributed by atoms with Gasteiger partial charge in [0.25, 0.3) is 0 Å². The van der Waals surface area contributed by atoms with Gasteiger partial charge < -0.3 is 10.4 Å². The number of hydrogen-bond donors (Lipinski definition) is 2. The van der Waals surface area contributed by atoms with Crippen molar-refractivity contribution in [3.05, 3.63) is 45.3 Å². The number of benzene rings is 1. The van der Waals surface area contributed by atoms with Crippen LogP contribution in [0.1, 0.15) is 42.7 Å². The number of hydrogen-bond acceptors (Lipinski definition) is 4. The molecule has 1 aliphatic carbocycles. The maximum Gasteiger partial charge on any atom is 0.307 e. The Bertz CT molecular complexity index is 974. The van der Waals surface area contributed by atoms with E-state index in [4.69, 9.17) is 0 Å². The number of carboxylic acids is 1. The Kier molecular flexibility index (Phi) is 5.70. The van der Waals surface area contributed by atoms with Gasteiger partial charge in [0.05, 0.1) is 17.5 Å². The van der Waals surface area contributed by atoms with Gasteiger partial charge in [-0.3, -0.25) is 9.59 Å². The number of nitrogens with one attached hydrogen (secondary N) is 1. The first kappa shape index (κ1) is 20.3. The second kappa shape index (κ2) is 7.87. The summed E-state index contributed by atoms with van der Waals surface area (Å²) < 4.78 is 0. The predicted molar refractivity (Wildman–Crippen MR) is 113 cm³/mol. The van der Waals surface area contributed by atoms with Crippen LogP contribution in [0.4, 0.5) is 5.13 Å². The van der Waals surface area contributed by atoms with E-state index in [0.717, 1.165) is 32.8 Å². The number of aryl methyl sites for hydroxylation is 3. The van der Waals surface area contributed by atoms with Crippen LogP contribution in [0, 0.1) is 32.6 Å². The zero-order valence-electron chi connectivity index (χ0n) is 16.9. The Labute approximate surface area is 169 Å². The van der Waals surface area contributed by atoms with Crippen molar-refractivity contribution in [3.63, 3.8) is 0 Å². The molecule has 5 nitrogen and oxygen atoms in total. The summed E-state index contributed by atoms with van der Waals surface area (Å²) in [7, 11) is 0. The molecule has 0 bridgehead atoms. The highest BCUT2D eigenvalue weighted by molar-refractivity contribution is 7.16. The zero-order valence-corrected chi connectivity index (χ0v) is 17.7. The van der Waals surface area contributed by atoms with Gasteiger partial charge in [0.1, 0.15) is 0 Å². The van der Waals surface area contributed by atoms with E-state index in [1.807, 2.05) is 20.8 Å². The van der Waals surface area contributed by atoms with E-state index in [9.17, 15) is 14.7 Å². The van der Waals surface area contributed by atoms with Crippen molar-refractivity contribution < 1.29 is 14.7 Å². The van der Waals surface area contributed by atoms with Gasteiger partial charge in [0.15, 0.2) is 5.13 Å². The second-order valence-corrected chi connectivity index (χ2v) is 8.95. The van der Waals surface area contributed by atoms with E-state index < -0.39 is 17.8 Å². The molecular weight excluding hydrogens is 372 g/mol. The number of carbonyl (C=O) groups is 2. The number of amides is 1. The molecule has 3 rings (SSSR count). The Balaban J connectivity index is 1.84. The molecule has 148 valence electrons. The Morgan fingerprint density at radius 3 is 2.32 bits per heavy atom. The Morgan fingerprint density at radius 2 is 1.71 bits per heavy atom. The Hall–Kier alpha value is -2.47. The summed E-state index contributed by atoms with van der Waals surface area (Å²) in [5.74, 6) is -2.45. The van der Waals surface area contributed by atoms with E-state index in [1.165, 1.54) is 16.9 Å². The van der Waals surface area contributed by atoms with Crippen molar-refractivity contribution in [2.24, 2.45) is 11.8 Å². The minimum absolute atomic E-state index is 0.264. The summed E-state index contributed by atoms with van der Waals surface area (Å²) >= 11 is 1.42. The molecule has 2 aromatic rings. The first-order valence-corrected chi connectivity index (χ1v) is 10.2. The highest BCUT2D eigenvalue weighted by atomic mass is 32.1. The second-order valence-electron chi connectivity index (χ2n) is 7.75. The molecule has 2 atom stereocenters. The Morgan fingerprint density at radius 1 is 1.07 bits per heavy atom. The lowest BCUT2D eigenvalue weighted by Crippen LogP contribution is -2.36. The molecule has 6 heteroatoms. The minimum Gasteiger partial charge on any atom is -0.481 e. The summed E-state index contributed by atoms with van der Waals surface area (Å²) in [6.45, 7) is 10.0. The normalized spacial score (nSPS) is 19.6. The van der Waals surface area contributed by atoms with Crippen molar-refractivity contribution in [2.45, 2.75) is 47.5 Å². The number of carboxylic acid groups (broad SMARTS) is 1. The molecule has 1 aromatic carbocycles. The highest BCUT2D eigenvalue weighted by Crippen LogP contribution is 2.37. The van der Waals surface area contributed by atoms with Gasteiger partial charge in [-0.1, -0.05) is 34.9 Å². The van der Waals surface area contributed by atoms with Gasteiger partial charge in [-0.25, -0.2) is 4.98 Å². The summed E-state index contributed by atoms with van der Waals surface area (Å²) in [6, 6.07) is 6.22. The van der Waals surface area contributed by atoms with Crippen LogP contribution in [-0.2, 0) is 9.59 Å².